The fourth-order valence-electron chi connectivity index (χ4n) is 3.12. The maximum atomic E-state index is 6.03. The second kappa shape index (κ2) is 6.19. The molecule has 0 atom stereocenters. The van der Waals surface area contributed by atoms with E-state index in [0.717, 1.165) is 41.7 Å². The number of ether oxygens (including phenoxy) is 1. The van der Waals surface area contributed by atoms with Gasteiger partial charge in [-0.2, -0.15) is 0 Å². The third-order valence-corrected chi connectivity index (χ3v) is 4.67. The molecule has 1 N–H and O–H groups in total. The highest BCUT2D eigenvalue weighted by Crippen LogP contribution is 2.28. The molecule has 0 bridgehead atoms. The maximum absolute atomic E-state index is 6.03. The summed E-state index contributed by atoms with van der Waals surface area (Å²) in [6.07, 6.45) is 2.66. The van der Waals surface area contributed by atoms with E-state index in [1.807, 2.05) is 18.2 Å². The fourth-order valence-corrected chi connectivity index (χ4v) is 3.12. The summed E-state index contributed by atoms with van der Waals surface area (Å²) in [5.41, 5.74) is 3.32. The van der Waals surface area contributed by atoms with Gasteiger partial charge >= 0.3 is 0 Å². The number of nitrogens with one attached hydrogen (secondary N) is 1. The molecule has 1 aliphatic carbocycles. The average Bonchev–Trinajstić information content (AvgIpc) is 2.98. The monoisotopic (exact) mass is 307 g/mol. The minimum absolute atomic E-state index is 0.438. The van der Waals surface area contributed by atoms with Crippen LogP contribution in [-0.4, -0.2) is 19.3 Å². The largest absolute Gasteiger partial charge is 0.456 e. The summed E-state index contributed by atoms with van der Waals surface area (Å²) in [7, 11) is 1.79. The molecule has 3 aromatic rings. The molecule has 118 valence electrons. The minimum Gasteiger partial charge on any atom is -0.456 e. The molecule has 1 saturated carbocycles. The van der Waals surface area contributed by atoms with Crippen LogP contribution in [-0.2, 0) is 11.3 Å². The quantitative estimate of drug-likeness (QED) is 0.760. The summed E-state index contributed by atoms with van der Waals surface area (Å²) in [5, 5.41) is 4.73. The number of furan rings is 1. The molecule has 2 aromatic carbocycles. The maximum Gasteiger partial charge on any atom is 0.135 e. The Hall–Kier alpha value is -2.10. The summed E-state index contributed by atoms with van der Waals surface area (Å²) >= 11 is 0. The zero-order valence-electron chi connectivity index (χ0n) is 13.3. The lowest BCUT2D eigenvalue weighted by Gasteiger charge is -2.34. The van der Waals surface area contributed by atoms with E-state index in [2.05, 4.69) is 41.7 Å². The number of fused-ring (bicyclic) bond motifs is 1. The molecular weight excluding hydrogens is 286 g/mol. The van der Waals surface area contributed by atoms with E-state index in [1.54, 1.807) is 7.11 Å². The van der Waals surface area contributed by atoms with Crippen molar-refractivity contribution >= 4 is 11.0 Å². The first-order valence-corrected chi connectivity index (χ1v) is 8.16. The molecule has 3 heteroatoms. The van der Waals surface area contributed by atoms with E-state index >= 15 is 0 Å². The molecule has 1 heterocycles. The molecule has 1 fully saturated rings. The van der Waals surface area contributed by atoms with E-state index in [4.69, 9.17) is 9.15 Å². The molecule has 3 nitrogen and oxygen atoms in total. The second-order valence-corrected chi connectivity index (χ2v) is 6.26. The van der Waals surface area contributed by atoms with E-state index in [0.29, 0.717) is 12.1 Å². The Balaban J connectivity index is 1.48. The van der Waals surface area contributed by atoms with Crippen LogP contribution in [0.3, 0.4) is 0 Å². The smallest absolute Gasteiger partial charge is 0.135 e. The topological polar surface area (TPSA) is 34.4 Å². The summed E-state index contributed by atoms with van der Waals surface area (Å²) < 4.78 is 11.3. The highest BCUT2D eigenvalue weighted by atomic mass is 16.5. The van der Waals surface area contributed by atoms with Crippen LogP contribution in [0.25, 0.3) is 22.3 Å². The molecule has 1 aliphatic rings. The SMILES string of the molecule is COC1CC(NCc2ccc3cc(-c4ccccc4)oc3c2)C1. The first-order valence-electron chi connectivity index (χ1n) is 8.16. The van der Waals surface area contributed by atoms with Gasteiger partial charge in [-0.25, -0.2) is 0 Å². The Morgan fingerprint density at radius 2 is 1.91 bits per heavy atom. The van der Waals surface area contributed by atoms with Crippen LogP contribution in [0.15, 0.2) is 59.0 Å². The predicted octanol–water partition coefficient (Wildman–Crippen LogP) is 4.37. The van der Waals surface area contributed by atoms with Crippen molar-refractivity contribution in [2.75, 3.05) is 7.11 Å². The van der Waals surface area contributed by atoms with Gasteiger partial charge in [-0.15, -0.1) is 0 Å². The summed E-state index contributed by atoms with van der Waals surface area (Å²) in [5.74, 6) is 0.924. The number of hydrogen-bond acceptors (Lipinski definition) is 3. The first kappa shape index (κ1) is 14.5. The molecule has 1 aromatic heterocycles. The molecule has 4 rings (SSSR count). The van der Waals surface area contributed by atoms with Crippen molar-refractivity contribution in [3.05, 3.63) is 60.2 Å². The van der Waals surface area contributed by atoms with Crippen LogP contribution >= 0.6 is 0 Å². The van der Waals surface area contributed by atoms with Crippen molar-refractivity contribution in [3.63, 3.8) is 0 Å². The van der Waals surface area contributed by atoms with E-state index in [1.165, 1.54) is 5.56 Å². The van der Waals surface area contributed by atoms with Crippen LogP contribution in [0.1, 0.15) is 18.4 Å². The van der Waals surface area contributed by atoms with Gasteiger partial charge in [-0.05, 0) is 30.5 Å². The molecule has 0 unspecified atom stereocenters. The van der Waals surface area contributed by atoms with Crippen LogP contribution < -0.4 is 5.32 Å². The molecule has 0 amide bonds. The Morgan fingerprint density at radius 1 is 1.09 bits per heavy atom. The number of methoxy groups -OCH3 is 1. The Kier molecular flexibility index (Phi) is 3.90. The molecular formula is C20H21NO2. The Labute approximate surface area is 136 Å². The van der Waals surface area contributed by atoms with Gasteiger partial charge in [0.15, 0.2) is 0 Å². The van der Waals surface area contributed by atoms with E-state index < -0.39 is 0 Å². The lowest BCUT2D eigenvalue weighted by atomic mass is 9.89. The van der Waals surface area contributed by atoms with Gasteiger partial charge in [-0.1, -0.05) is 42.5 Å². The zero-order chi connectivity index (χ0) is 15.6. The fraction of sp³-hybridized carbons (Fsp3) is 0.300. The van der Waals surface area contributed by atoms with Crippen molar-refractivity contribution in [3.8, 4) is 11.3 Å². The molecule has 0 saturated heterocycles. The third kappa shape index (κ3) is 3.03. The summed E-state index contributed by atoms with van der Waals surface area (Å²) in [6.45, 7) is 0.873. The third-order valence-electron chi connectivity index (χ3n) is 4.67. The predicted molar refractivity (Wildman–Crippen MR) is 92.3 cm³/mol. The zero-order valence-corrected chi connectivity index (χ0v) is 13.3. The van der Waals surface area contributed by atoms with Crippen LogP contribution in [0.4, 0.5) is 0 Å². The lowest BCUT2D eigenvalue weighted by molar-refractivity contribution is 0.0170. The van der Waals surface area contributed by atoms with Gasteiger partial charge in [0.1, 0.15) is 11.3 Å². The average molecular weight is 307 g/mol. The molecule has 23 heavy (non-hydrogen) atoms. The van der Waals surface area contributed by atoms with Gasteiger partial charge in [0.25, 0.3) is 0 Å². The van der Waals surface area contributed by atoms with Crippen LogP contribution in [0, 0.1) is 0 Å². The van der Waals surface area contributed by atoms with Crippen molar-refractivity contribution < 1.29 is 9.15 Å². The van der Waals surface area contributed by atoms with Crippen molar-refractivity contribution in [1.82, 2.24) is 5.32 Å². The highest BCUT2D eigenvalue weighted by Gasteiger charge is 2.28. The van der Waals surface area contributed by atoms with Gasteiger partial charge in [0, 0.05) is 30.6 Å². The molecule has 0 aliphatic heterocycles. The Morgan fingerprint density at radius 3 is 2.70 bits per heavy atom. The van der Waals surface area contributed by atoms with Crippen molar-refractivity contribution in [2.24, 2.45) is 0 Å². The van der Waals surface area contributed by atoms with E-state index in [-0.39, 0.29) is 0 Å². The van der Waals surface area contributed by atoms with Crippen molar-refractivity contribution in [1.29, 1.82) is 0 Å². The standard InChI is InChI=1S/C20H21NO2/c1-22-18-11-17(12-18)21-13-14-7-8-16-10-20(23-19(16)9-14)15-5-3-2-4-6-15/h2-10,17-18,21H,11-13H2,1H3. The first-order chi connectivity index (χ1) is 11.3. The minimum atomic E-state index is 0.438. The summed E-state index contributed by atoms with van der Waals surface area (Å²) in [6, 6.07) is 19.4. The van der Waals surface area contributed by atoms with Crippen molar-refractivity contribution in [2.45, 2.75) is 31.5 Å². The lowest BCUT2D eigenvalue weighted by Crippen LogP contribution is -2.44. The van der Waals surface area contributed by atoms with E-state index in [9.17, 15) is 0 Å². The number of hydrogen-bond donors (Lipinski definition) is 1. The van der Waals surface area contributed by atoms with Crippen LogP contribution in [0.2, 0.25) is 0 Å². The summed E-state index contributed by atoms with van der Waals surface area (Å²) in [4.78, 5) is 0. The molecule has 0 spiro atoms. The number of benzene rings is 2. The van der Waals surface area contributed by atoms with Crippen LogP contribution in [0.5, 0.6) is 0 Å². The van der Waals surface area contributed by atoms with Gasteiger partial charge in [-0.3, -0.25) is 0 Å². The van der Waals surface area contributed by atoms with Gasteiger partial charge < -0.3 is 14.5 Å². The Bertz CT molecular complexity index is 788. The highest BCUT2D eigenvalue weighted by molar-refractivity contribution is 5.83. The second-order valence-electron chi connectivity index (χ2n) is 6.26. The van der Waals surface area contributed by atoms with Gasteiger partial charge in [0.2, 0.25) is 0 Å². The normalized spacial score (nSPS) is 20.6. The van der Waals surface area contributed by atoms with Gasteiger partial charge in [0.05, 0.1) is 6.10 Å². The molecule has 0 radical (unpaired) electrons. The number of rotatable bonds is 5.